The van der Waals surface area contributed by atoms with Crippen LogP contribution in [0.3, 0.4) is 0 Å². The molecule has 4 heteroatoms. The molecule has 2 aromatic carbocycles. The minimum atomic E-state index is -0.453. The number of hydrogen-bond acceptors (Lipinski definition) is 3. The Bertz CT molecular complexity index is 635. The molecule has 0 aliphatic heterocycles. The molecule has 0 atom stereocenters. The Kier molecular flexibility index (Phi) is 4.96. The van der Waals surface area contributed by atoms with Gasteiger partial charge in [0.25, 0.3) is 0 Å². The van der Waals surface area contributed by atoms with E-state index in [9.17, 15) is 4.79 Å². The van der Waals surface area contributed by atoms with Crippen LogP contribution in [0, 0.1) is 0 Å². The lowest BCUT2D eigenvalue weighted by molar-refractivity contribution is -0.129. The van der Waals surface area contributed by atoms with E-state index in [0.29, 0.717) is 11.5 Å². The maximum Gasteiger partial charge on any atom is 0.336 e. The quantitative estimate of drug-likeness (QED) is 0.481. The van der Waals surface area contributed by atoms with Gasteiger partial charge in [0, 0.05) is 10.5 Å². The summed E-state index contributed by atoms with van der Waals surface area (Å²) >= 11 is 3.41. The van der Waals surface area contributed by atoms with Gasteiger partial charge in [-0.2, -0.15) is 0 Å². The zero-order chi connectivity index (χ0) is 14.4. The van der Waals surface area contributed by atoms with Crippen molar-refractivity contribution >= 4 is 28.0 Å². The Hall–Kier alpha value is -2.07. The van der Waals surface area contributed by atoms with Crippen LogP contribution in [0.5, 0.6) is 11.5 Å². The molecule has 0 heterocycles. The molecular weight excluding hydrogens is 320 g/mol. The van der Waals surface area contributed by atoms with Crippen molar-refractivity contribution < 1.29 is 14.3 Å². The number of rotatable bonds is 4. The third-order valence-corrected chi connectivity index (χ3v) is 3.31. The van der Waals surface area contributed by atoms with Crippen molar-refractivity contribution in [1.82, 2.24) is 0 Å². The zero-order valence-corrected chi connectivity index (χ0v) is 12.5. The highest BCUT2D eigenvalue weighted by Crippen LogP contribution is 2.26. The van der Waals surface area contributed by atoms with Crippen LogP contribution in [0.2, 0.25) is 0 Å². The fourth-order valence-corrected chi connectivity index (χ4v) is 2.03. The predicted molar refractivity (Wildman–Crippen MR) is 81.8 cm³/mol. The van der Waals surface area contributed by atoms with Crippen LogP contribution < -0.4 is 9.47 Å². The molecule has 0 N–H and O–H groups in total. The molecule has 0 bridgehead atoms. The molecular formula is C16H13BrO3. The lowest BCUT2D eigenvalue weighted by Gasteiger charge is -2.06. The van der Waals surface area contributed by atoms with Gasteiger partial charge < -0.3 is 9.47 Å². The van der Waals surface area contributed by atoms with E-state index in [0.717, 1.165) is 10.0 Å². The fourth-order valence-electron chi connectivity index (χ4n) is 1.61. The zero-order valence-electron chi connectivity index (χ0n) is 10.9. The summed E-state index contributed by atoms with van der Waals surface area (Å²) in [7, 11) is 1.53. The molecule has 0 aliphatic rings. The molecule has 0 fully saturated rings. The van der Waals surface area contributed by atoms with Crippen molar-refractivity contribution in [3.63, 3.8) is 0 Å². The van der Waals surface area contributed by atoms with Gasteiger partial charge in [0.1, 0.15) is 0 Å². The number of esters is 1. The number of carbonyl (C=O) groups excluding carboxylic acids is 1. The van der Waals surface area contributed by atoms with Gasteiger partial charge in [-0.05, 0) is 29.8 Å². The van der Waals surface area contributed by atoms with Crippen molar-refractivity contribution in [2.45, 2.75) is 0 Å². The molecule has 0 spiro atoms. The SMILES string of the molecule is COc1ccccc1OC(=O)/C=C/c1ccccc1Br. The average Bonchev–Trinajstić information content (AvgIpc) is 2.47. The minimum Gasteiger partial charge on any atom is -0.493 e. The van der Waals surface area contributed by atoms with E-state index in [-0.39, 0.29) is 0 Å². The Labute approximate surface area is 126 Å². The van der Waals surface area contributed by atoms with Gasteiger partial charge >= 0.3 is 5.97 Å². The van der Waals surface area contributed by atoms with E-state index in [1.54, 1.807) is 24.3 Å². The topological polar surface area (TPSA) is 35.5 Å². The molecule has 0 unspecified atom stereocenters. The maximum absolute atomic E-state index is 11.8. The first-order valence-corrected chi connectivity index (χ1v) is 6.77. The smallest absolute Gasteiger partial charge is 0.336 e. The molecule has 0 amide bonds. The molecule has 0 aromatic heterocycles. The Balaban J connectivity index is 2.08. The first kappa shape index (κ1) is 14.3. The molecule has 3 nitrogen and oxygen atoms in total. The first-order chi connectivity index (χ1) is 9.70. The van der Waals surface area contributed by atoms with E-state index in [2.05, 4.69) is 15.9 Å². The second kappa shape index (κ2) is 6.91. The van der Waals surface area contributed by atoms with Crippen molar-refractivity contribution in [3.05, 3.63) is 64.6 Å². The van der Waals surface area contributed by atoms with Crippen LogP contribution in [0.1, 0.15) is 5.56 Å². The molecule has 20 heavy (non-hydrogen) atoms. The van der Waals surface area contributed by atoms with E-state index in [1.165, 1.54) is 13.2 Å². The first-order valence-electron chi connectivity index (χ1n) is 5.98. The minimum absolute atomic E-state index is 0.400. The van der Waals surface area contributed by atoms with E-state index in [1.807, 2.05) is 30.3 Å². The van der Waals surface area contributed by atoms with Crippen LogP contribution in [-0.4, -0.2) is 13.1 Å². The second-order valence-electron chi connectivity index (χ2n) is 3.93. The highest BCUT2D eigenvalue weighted by Gasteiger charge is 2.06. The number of carbonyl (C=O) groups is 1. The van der Waals surface area contributed by atoms with E-state index < -0.39 is 5.97 Å². The summed E-state index contributed by atoms with van der Waals surface area (Å²) < 4.78 is 11.3. The summed E-state index contributed by atoms with van der Waals surface area (Å²) in [5.74, 6) is 0.470. The third-order valence-electron chi connectivity index (χ3n) is 2.58. The van der Waals surface area contributed by atoms with Crippen molar-refractivity contribution in [3.8, 4) is 11.5 Å². The summed E-state index contributed by atoms with van der Waals surface area (Å²) in [5.41, 5.74) is 0.907. The molecule has 2 rings (SSSR count). The second-order valence-corrected chi connectivity index (χ2v) is 4.78. The van der Waals surface area contributed by atoms with Gasteiger partial charge in [-0.1, -0.05) is 46.3 Å². The fraction of sp³-hybridized carbons (Fsp3) is 0.0625. The molecule has 0 aliphatic carbocycles. The van der Waals surface area contributed by atoms with Gasteiger partial charge in [0.15, 0.2) is 11.5 Å². The van der Waals surface area contributed by atoms with Crippen LogP contribution in [0.15, 0.2) is 59.1 Å². The number of ether oxygens (including phenoxy) is 2. The third kappa shape index (κ3) is 3.71. The Morgan fingerprint density at radius 2 is 1.70 bits per heavy atom. The van der Waals surface area contributed by atoms with Crippen molar-refractivity contribution in [1.29, 1.82) is 0 Å². The van der Waals surface area contributed by atoms with E-state index in [4.69, 9.17) is 9.47 Å². The van der Waals surface area contributed by atoms with E-state index >= 15 is 0 Å². The summed E-state index contributed by atoms with van der Waals surface area (Å²) in [6.45, 7) is 0. The van der Waals surface area contributed by atoms with Gasteiger partial charge in [-0.15, -0.1) is 0 Å². The summed E-state index contributed by atoms with van der Waals surface area (Å²) in [6, 6.07) is 14.6. The Morgan fingerprint density at radius 3 is 2.40 bits per heavy atom. The number of para-hydroxylation sites is 2. The average molecular weight is 333 g/mol. The van der Waals surface area contributed by atoms with Crippen LogP contribution in [0.4, 0.5) is 0 Å². The molecule has 2 aromatic rings. The standard InChI is InChI=1S/C16H13BrO3/c1-19-14-8-4-5-9-15(14)20-16(18)11-10-12-6-2-3-7-13(12)17/h2-11H,1H3/b11-10+. The highest BCUT2D eigenvalue weighted by atomic mass is 79.9. The molecule has 102 valence electrons. The van der Waals surface area contributed by atoms with Gasteiger partial charge in [0.05, 0.1) is 7.11 Å². The van der Waals surface area contributed by atoms with Crippen molar-refractivity contribution in [2.24, 2.45) is 0 Å². The number of halogens is 1. The van der Waals surface area contributed by atoms with Crippen molar-refractivity contribution in [2.75, 3.05) is 7.11 Å². The molecule has 0 radical (unpaired) electrons. The number of methoxy groups -OCH3 is 1. The summed E-state index contributed by atoms with van der Waals surface area (Å²) in [4.78, 5) is 11.8. The van der Waals surface area contributed by atoms with Crippen LogP contribution in [-0.2, 0) is 4.79 Å². The van der Waals surface area contributed by atoms with Gasteiger partial charge in [-0.3, -0.25) is 0 Å². The largest absolute Gasteiger partial charge is 0.493 e. The number of hydrogen-bond donors (Lipinski definition) is 0. The highest BCUT2D eigenvalue weighted by molar-refractivity contribution is 9.10. The Morgan fingerprint density at radius 1 is 1.05 bits per heavy atom. The summed E-state index contributed by atoms with van der Waals surface area (Å²) in [6.07, 6.45) is 3.08. The van der Waals surface area contributed by atoms with Crippen LogP contribution in [0.25, 0.3) is 6.08 Å². The summed E-state index contributed by atoms with van der Waals surface area (Å²) in [5, 5.41) is 0. The van der Waals surface area contributed by atoms with Gasteiger partial charge in [-0.25, -0.2) is 4.79 Å². The lowest BCUT2D eigenvalue weighted by Crippen LogP contribution is -2.04. The lowest BCUT2D eigenvalue weighted by atomic mass is 10.2. The normalized spacial score (nSPS) is 10.5. The maximum atomic E-state index is 11.8. The van der Waals surface area contributed by atoms with Gasteiger partial charge in [0.2, 0.25) is 0 Å². The number of benzene rings is 2. The monoisotopic (exact) mass is 332 g/mol. The predicted octanol–water partition coefficient (Wildman–Crippen LogP) is 4.08. The molecule has 0 saturated carbocycles. The van der Waals surface area contributed by atoms with Crippen LogP contribution >= 0.6 is 15.9 Å². The molecule has 0 saturated heterocycles.